The van der Waals surface area contributed by atoms with Crippen LogP contribution in [0, 0.1) is 12.8 Å². The fourth-order valence-electron chi connectivity index (χ4n) is 3.72. The van der Waals surface area contributed by atoms with E-state index in [2.05, 4.69) is 23.7 Å². The van der Waals surface area contributed by atoms with Crippen molar-refractivity contribution in [2.45, 2.75) is 46.6 Å². The molecule has 0 N–H and O–H groups in total. The molecule has 1 aliphatic rings. The monoisotopic (exact) mass is 397 g/mol. The van der Waals surface area contributed by atoms with E-state index in [1.165, 1.54) is 5.56 Å². The van der Waals surface area contributed by atoms with Crippen molar-refractivity contribution in [2.24, 2.45) is 5.92 Å². The highest BCUT2D eigenvalue weighted by atomic mass is 16.4. The second-order valence-corrected chi connectivity index (χ2v) is 8.27. The lowest BCUT2D eigenvalue weighted by Gasteiger charge is -2.22. The molecule has 0 spiro atoms. The number of aryl methyl sites for hydroxylation is 2. The van der Waals surface area contributed by atoms with Crippen LogP contribution in [0.1, 0.15) is 53.9 Å². The van der Waals surface area contributed by atoms with Crippen LogP contribution in [0.15, 0.2) is 39.8 Å². The fraction of sp³-hybridized carbons (Fsp3) is 0.522. The topological polar surface area (TPSA) is 66.7 Å². The summed E-state index contributed by atoms with van der Waals surface area (Å²) in [5.41, 5.74) is 1.60. The van der Waals surface area contributed by atoms with Gasteiger partial charge in [-0.2, -0.15) is 0 Å². The summed E-state index contributed by atoms with van der Waals surface area (Å²) in [5, 5.41) is 0. The highest BCUT2D eigenvalue weighted by Crippen LogP contribution is 2.15. The van der Waals surface area contributed by atoms with Crippen LogP contribution in [0.3, 0.4) is 0 Å². The highest BCUT2D eigenvalue weighted by Gasteiger charge is 2.25. The van der Waals surface area contributed by atoms with E-state index in [1.54, 1.807) is 17.3 Å². The minimum atomic E-state index is -0.508. The van der Waals surface area contributed by atoms with Gasteiger partial charge in [0.15, 0.2) is 0 Å². The van der Waals surface area contributed by atoms with Crippen LogP contribution in [-0.4, -0.2) is 46.9 Å². The summed E-state index contributed by atoms with van der Waals surface area (Å²) in [6, 6.07) is 5.89. The van der Waals surface area contributed by atoms with E-state index >= 15 is 0 Å². The molecule has 6 nitrogen and oxygen atoms in total. The van der Waals surface area contributed by atoms with Gasteiger partial charge in [-0.15, -0.1) is 0 Å². The summed E-state index contributed by atoms with van der Waals surface area (Å²) in [6.45, 7) is 9.92. The molecule has 0 atom stereocenters. The summed E-state index contributed by atoms with van der Waals surface area (Å²) in [5.74, 6) is 0.990. The zero-order valence-corrected chi connectivity index (χ0v) is 17.7. The number of carbonyl (C=O) groups is 1. The Kier molecular flexibility index (Phi) is 7.20. The van der Waals surface area contributed by atoms with Crippen molar-refractivity contribution in [1.29, 1.82) is 0 Å². The minimum absolute atomic E-state index is 0.181. The number of hydrogen-bond acceptors (Lipinski definition) is 5. The number of rotatable bonds is 6. The standard InChI is InChI=1S/C23H31N3O3/c1-17(2)5-6-20-15-18(3)21(23(28)29-20)22(27)26-12-4-11-25(13-14-26)16-19-7-9-24-10-8-19/h7-10,15,17H,4-6,11-14,16H2,1-3H3. The normalized spacial score (nSPS) is 15.5. The zero-order chi connectivity index (χ0) is 20.8. The molecule has 156 valence electrons. The van der Waals surface area contributed by atoms with Crippen LogP contribution in [0.4, 0.5) is 0 Å². The molecule has 6 heteroatoms. The predicted molar refractivity (Wildman–Crippen MR) is 113 cm³/mol. The van der Waals surface area contributed by atoms with Crippen LogP contribution >= 0.6 is 0 Å². The molecule has 0 aromatic carbocycles. The quantitative estimate of drug-likeness (QED) is 0.748. The van der Waals surface area contributed by atoms with Gasteiger partial charge in [0.05, 0.1) is 0 Å². The molecule has 1 saturated heterocycles. The molecule has 0 aliphatic carbocycles. The summed E-state index contributed by atoms with van der Waals surface area (Å²) in [7, 11) is 0. The Labute approximate surface area is 172 Å². The van der Waals surface area contributed by atoms with Crippen LogP contribution in [0.25, 0.3) is 0 Å². The molecule has 0 bridgehead atoms. The summed E-state index contributed by atoms with van der Waals surface area (Å²) in [6.07, 6.45) is 6.16. The van der Waals surface area contributed by atoms with E-state index in [4.69, 9.17) is 4.42 Å². The fourth-order valence-corrected chi connectivity index (χ4v) is 3.72. The van der Waals surface area contributed by atoms with E-state index in [0.717, 1.165) is 38.9 Å². The molecular weight excluding hydrogens is 366 g/mol. The molecule has 3 heterocycles. The van der Waals surface area contributed by atoms with Gasteiger partial charge in [0.25, 0.3) is 5.91 Å². The second kappa shape index (κ2) is 9.83. The first-order valence-electron chi connectivity index (χ1n) is 10.5. The van der Waals surface area contributed by atoms with Gasteiger partial charge in [0.1, 0.15) is 11.3 Å². The zero-order valence-electron chi connectivity index (χ0n) is 17.7. The van der Waals surface area contributed by atoms with Crippen molar-refractivity contribution in [2.75, 3.05) is 26.2 Å². The summed E-state index contributed by atoms with van der Waals surface area (Å²) < 4.78 is 5.46. The van der Waals surface area contributed by atoms with E-state index in [1.807, 2.05) is 25.1 Å². The lowest BCUT2D eigenvalue weighted by molar-refractivity contribution is 0.0755. The third kappa shape index (κ3) is 5.76. The number of hydrogen-bond donors (Lipinski definition) is 0. The van der Waals surface area contributed by atoms with Crippen molar-refractivity contribution in [3.05, 3.63) is 63.5 Å². The molecule has 1 aliphatic heterocycles. The number of carbonyl (C=O) groups excluding carboxylic acids is 1. The maximum absolute atomic E-state index is 13.1. The SMILES string of the molecule is Cc1cc(CCC(C)C)oc(=O)c1C(=O)N1CCCN(Cc2ccncc2)CC1. The molecule has 0 saturated carbocycles. The average molecular weight is 398 g/mol. The minimum Gasteiger partial charge on any atom is -0.427 e. The first-order chi connectivity index (χ1) is 13.9. The van der Waals surface area contributed by atoms with Crippen LogP contribution < -0.4 is 5.63 Å². The molecule has 0 unspecified atom stereocenters. The summed E-state index contributed by atoms with van der Waals surface area (Å²) >= 11 is 0. The van der Waals surface area contributed by atoms with Crippen LogP contribution in [0.5, 0.6) is 0 Å². The van der Waals surface area contributed by atoms with Gasteiger partial charge in [0, 0.05) is 51.5 Å². The third-order valence-corrected chi connectivity index (χ3v) is 5.41. The lowest BCUT2D eigenvalue weighted by atomic mass is 10.0. The maximum Gasteiger partial charge on any atom is 0.349 e. The van der Waals surface area contributed by atoms with E-state index < -0.39 is 5.63 Å². The van der Waals surface area contributed by atoms with Gasteiger partial charge in [-0.25, -0.2) is 4.79 Å². The molecule has 29 heavy (non-hydrogen) atoms. The Morgan fingerprint density at radius 3 is 2.62 bits per heavy atom. The average Bonchev–Trinajstić information content (AvgIpc) is 2.92. The summed E-state index contributed by atoms with van der Waals surface area (Å²) in [4.78, 5) is 33.8. The Bertz CT molecular complexity index is 877. The molecular formula is C23H31N3O3. The smallest absolute Gasteiger partial charge is 0.349 e. The molecule has 1 fully saturated rings. The molecule has 2 aromatic heterocycles. The number of aromatic nitrogens is 1. The second-order valence-electron chi connectivity index (χ2n) is 8.27. The Morgan fingerprint density at radius 2 is 1.93 bits per heavy atom. The van der Waals surface area contributed by atoms with Crippen LogP contribution in [-0.2, 0) is 13.0 Å². The predicted octanol–water partition coefficient (Wildman–Crippen LogP) is 3.28. The van der Waals surface area contributed by atoms with Gasteiger partial charge in [-0.1, -0.05) is 13.8 Å². The third-order valence-electron chi connectivity index (χ3n) is 5.41. The van der Waals surface area contributed by atoms with Gasteiger partial charge >= 0.3 is 5.63 Å². The van der Waals surface area contributed by atoms with Crippen molar-refractivity contribution >= 4 is 5.91 Å². The number of amides is 1. The molecule has 2 aromatic rings. The van der Waals surface area contributed by atoms with Crippen molar-refractivity contribution in [3.8, 4) is 0 Å². The van der Waals surface area contributed by atoms with Gasteiger partial charge < -0.3 is 9.32 Å². The van der Waals surface area contributed by atoms with Crippen molar-refractivity contribution < 1.29 is 9.21 Å². The van der Waals surface area contributed by atoms with Gasteiger partial charge in [0.2, 0.25) is 0 Å². The molecule has 0 radical (unpaired) electrons. The maximum atomic E-state index is 13.1. The van der Waals surface area contributed by atoms with Gasteiger partial charge in [-0.3, -0.25) is 14.7 Å². The van der Waals surface area contributed by atoms with E-state index in [-0.39, 0.29) is 11.5 Å². The first kappa shape index (κ1) is 21.2. The van der Waals surface area contributed by atoms with Crippen molar-refractivity contribution in [1.82, 2.24) is 14.8 Å². The Hall–Kier alpha value is -2.47. The number of nitrogens with zero attached hydrogens (tertiary/aromatic N) is 3. The van der Waals surface area contributed by atoms with E-state index in [9.17, 15) is 9.59 Å². The Balaban J connectivity index is 1.66. The highest BCUT2D eigenvalue weighted by molar-refractivity contribution is 5.95. The van der Waals surface area contributed by atoms with Gasteiger partial charge in [-0.05, 0) is 55.0 Å². The Morgan fingerprint density at radius 1 is 1.17 bits per heavy atom. The van der Waals surface area contributed by atoms with Crippen molar-refractivity contribution in [3.63, 3.8) is 0 Å². The lowest BCUT2D eigenvalue weighted by Crippen LogP contribution is -2.37. The molecule has 1 amide bonds. The number of pyridine rings is 1. The van der Waals surface area contributed by atoms with Crippen LogP contribution in [0.2, 0.25) is 0 Å². The largest absolute Gasteiger partial charge is 0.427 e. The van der Waals surface area contributed by atoms with E-state index in [0.29, 0.717) is 30.3 Å². The first-order valence-corrected chi connectivity index (χ1v) is 10.5. The molecule has 3 rings (SSSR count).